The lowest BCUT2D eigenvalue weighted by atomic mass is 10.0. The standard InChI is InChI=1S/C36H31FN8O2/c1-45(2)13-14-47-27-18-23(16-25(37)19-27)28-9-6-10-30-33(28)42-36(41-30)35-34-31(43-44-35)12-11-29(40-34)24-17-26(21-38-20-24)39-32(46)15-22-7-4-3-5-8-22/h3-12,16-21H,13-15H2,1-2H3,(H,39,46)(H,41,42)(H,43,44). The van der Waals surface area contributed by atoms with E-state index in [0.717, 1.165) is 27.7 Å². The summed E-state index contributed by atoms with van der Waals surface area (Å²) in [5.74, 6) is 0.451. The molecule has 3 aromatic carbocycles. The van der Waals surface area contributed by atoms with Crippen molar-refractivity contribution in [1.29, 1.82) is 0 Å². The van der Waals surface area contributed by atoms with Crippen LogP contribution in [0.4, 0.5) is 10.1 Å². The van der Waals surface area contributed by atoms with E-state index in [9.17, 15) is 9.18 Å². The van der Waals surface area contributed by atoms with Gasteiger partial charge in [0.25, 0.3) is 0 Å². The molecule has 0 unspecified atom stereocenters. The van der Waals surface area contributed by atoms with Gasteiger partial charge in [-0.3, -0.25) is 14.9 Å². The Bertz CT molecular complexity index is 2210. The average molecular weight is 627 g/mol. The summed E-state index contributed by atoms with van der Waals surface area (Å²) in [5, 5.41) is 10.5. The van der Waals surface area contributed by atoms with Crippen LogP contribution in [0.15, 0.2) is 97.3 Å². The van der Waals surface area contributed by atoms with Gasteiger partial charge >= 0.3 is 0 Å². The number of imidazole rings is 1. The second kappa shape index (κ2) is 12.8. The number of benzene rings is 3. The van der Waals surface area contributed by atoms with Gasteiger partial charge in [0.2, 0.25) is 5.91 Å². The van der Waals surface area contributed by atoms with E-state index >= 15 is 0 Å². The molecule has 4 aromatic heterocycles. The lowest BCUT2D eigenvalue weighted by molar-refractivity contribution is -0.115. The average Bonchev–Trinajstić information content (AvgIpc) is 3.69. The third kappa shape index (κ3) is 6.56. The Balaban J connectivity index is 1.18. The summed E-state index contributed by atoms with van der Waals surface area (Å²) < 4.78 is 20.5. The highest BCUT2D eigenvalue weighted by Gasteiger charge is 2.18. The molecule has 0 saturated carbocycles. The van der Waals surface area contributed by atoms with Gasteiger partial charge in [-0.25, -0.2) is 14.4 Å². The van der Waals surface area contributed by atoms with E-state index < -0.39 is 0 Å². The number of ether oxygens (including phenoxy) is 1. The number of likely N-dealkylation sites (N-methyl/N-ethyl adjacent to an activating group) is 1. The fourth-order valence-electron chi connectivity index (χ4n) is 5.38. The van der Waals surface area contributed by atoms with Crippen LogP contribution in [0.25, 0.3) is 56.0 Å². The third-order valence-corrected chi connectivity index (χ3v) is 7.66. The monoisotopic (exact) mass is 626 g/mol. The maximum atomic E-state index is 14.7. The minimum absolute atomic E-state index is 0.133. The summed E-state index contributed by atoms with van der Waals surface area (Å²) in [5.41, 5.74) is 7.63. The van der Waals surface area contributed by atoms with Gasteiger partial charge in [-0.15, -0.1) is 0 Å². The lowest BCUT2D eigenvalue weighted by Crippen LogP contribution is -2.19. The summed E-state index contributed by atoms with van der Waals surface area (Å²) in [6.45, 7) is 1.15. The number of carbonyl (C=O) groups is 1. The first-order valence-corrected chi connectivity index (χ1v) is 15.1. The highest BCUT2D eigenvalue weighted by atomic mass is 19.1. The summed E-state index contributed by atoms with van der Waals surface area (Å²) in [6.07, 6.45) is 3.57. The van der Waals surface area contributed by atoms with Gasteiger partial charge in [-0.05, 0) is 61.6 Å². The van der Waals surface area contributed by atoms with Crippen molar-refractivity contribution in [1.82, 2.24) is 35.0 Å². The summed E-state index contributed by atoms with van der Waals surface area (Å²) in [4.78, 5) is 32.2. The highest BCUT2D eigenvalue weighted by Crippen LogP contribution is 2.34. The van der Waals surface area contributed by atoms with Crippen LogP contribution in [0.2, 0.25) is 0 Å². The number of halogens is 1. The van der Waals surface area contributed by atoms with E-state index in [1.165, 1.54) is 12.1 Å². The SMILES string of the molecule is CN(C)CCOc1cc(F)cc(-c2cccc3[nH]c(-c4n[nH]c5ccc(-c6cncc(NC(=O)Cc7ccccc7)c6)nc45)nc23)c1. The first-order valence-electron chi connectivity index (χ1n) is 15.1. The molecule has 7 rings (SSSR count). The van der Waals surface area contributed by atoms with Crippen molar-refractivity contribution in [3.63, 3.8) is 0 Å². The van der Waals surface area contributed by atoms with Crippen LogP contribution < -0.4 is 10.1 Å². The zero-order valence-corrected chi connectivity index (χ0v) is 25.8. The molecule has 11 heteroatoms. The second-order valence-corrected chi connectivity index (χ2v) is 11.5. The smallest absolute Gasteiger partial charge is 0.228 e. The largest absolute Gasteiger partial charge is 0.492 e. The van der Waals surface area contributed by atoms with Gasteiger partial charge in [-0.2, -0.15) is 5.10 Å². The molecule has 0 fully saturated rings. The van der Waals surface area contributed by atoms with Crippen LogP contribution in [0, 0.1) is 5.82 Å². The van der Waals surface area contributed by atoms with Crippen molar-refractivity contribution in [2.45, 2.75) is 6.42 Å². The van der Waals surface area contributed by atoms with Crippen molar-refractivity contribution in [3.05, 3.63) is 109 Å². The van der Waals surface area contributed by atoms with Gasteiger partial charge in [-0.1, -0.05) is 42.5 Å². The van der Waals surface area contributed by atoms with Crippen molar-refractivity contribution in [2.75, 3.05) is 32.6 Å². The van der Waals surface area contributed by atoms with Crippen molar-refractivity contribution in [2.24, 2.45) is 0 Å². The fourth-order valence-corrected chi connectivity index (χ4v) is 5.38. The Labute approximate surface area is 269 Å². The van der Waals surface area contributed by atoms with E-state index in [0.29, 0.717) is 58.4 Å². The second-order valence-electron chi connectivity index (χ2n) is 11.5. The first-order chi connectivity index (χ1) is 22.9. The minimum atomic E-state index is -0.389. The number of para-hydroxylation sites is 1. The molecule has 0 atom stereocenters. The number of amides is 1. The first kappa shape index (κ1) is 29.8. The molecule has 47 heavy (non-hydrogen) atoms. The molecule has 0 bridgehead atoms. The van der Waals surface area contributed by atoms with Gasteiger partial charge < -0.3 is 19.9 Å². The molecule has 4 heterocycles. The topological polar surface area (TPSA) is 125 Å². The van der Waals surface area contributed by atoms with Crippen LogP contribution >= 0.6 is 0 Å². The summed E-state index contributed by atoms with van der Waals surface area (Å²) in [6, 6.07) is 25.6. The molecular formula is C36H31FN8O2. The van der Waals surface area contributed by atoms with Crippen molar-refractivity contribution in [3.8, 4) is 39.7 Å². The molecule has 0 aliphatic rings. The molecule has 234 valence electrons. The Hall–Kier alpha value is -5.94. The molecule has 0 aliphatic carbocycles. The van der Waals surface area contributed by atoms with E-state index in [4.69, 9.17) is 14.7 Å². The van der Waals surface area contributed by atoms with Crippen LogP contribution in [0.5, 0.6) is 5.75 Å². The molecule has 0 spiro atoms. The number of carbonyl (C=O) groups excluding carboxylic acids is 1. The quantitative estimate of drug-likeness (QED) is 0.159. The number of hydrogen-bond donors (Lipinski definition) is 3. The molecule has 0 radical (unpaired) electrons. The Morgan fingerprint density at radius 1 is 0.894 bits per heavy atom. The number of H-pyrrole nitrogens is 2. The number of hydrogen-bond acceptors (Lipinski definition) is 7. The van der Waals surface area contributed by atoms with E-state index in [2.05, 4.69) is 25.5 Å². The number of aromatic amines is 2. The molecule has 1 amide bonds. The molecular weight excluding hydrogens is 595 g/mol. The Morgan fingerprint density at radius 3 is 2.62 bits per heavy atom. The molecule has 3 N–H and O–H groups in total. The number of nitrogens with one attached hydrogen (secondary N) is 3. The van der Waals surface area contributed by atoms with Crippen LogP contribution in [-0.2, 0) is 11.2 Å². The number of anilines is 1. The van der Waals surface area contributed by atoms with Crippen LogP contribution in [-0.4, -0.2) is 68.2 Å². The summed E-state index contributed by atoms with van der Waals surface area (Å²) in [7, 11) is 3.92. The maximum Gasteiger partial charge on any atom is 0.228 e. The number of fused-ring (bicyclic) bond motifs is 2. The van der Waals surface area contributed by atoms with E-state index in [-0.39, 0.29) is 18.1 Å². The van der Waals surface area contributed by atoms with Crippen LogP contribution in [0.3, 0.4) is 0 Å². The van der Waals surface area contributed by atoms with Gasteiger partial charge in [0.1, 0.15) is 23.7 Å². The molecule has 7 aromatic rings. The Morgan fingerprint density at radius 2 is 1.77 bits per heavy atom. The number of rotatable bonds is 10. The third-order valence-electron chi connectivity index (χ3n) is 7.66. The number of aromatic nitrogens is 6. The van der Waals surface area contributed by atoms with Crippen molar-refractivity contribution < 1.29 is 13.9 Å². The highest BCUT2D eigenvalue weighted by molar-refractivity contribution is 5.97. The minimum Gasteiger partial charge on any atom is -0.492 e. The Kier molecular flexibility index (Phi) is 8.11. The predicted octanol–water partition coefficient (Wildman–Crippen LogP) is 6.49. The van der Waals surface area contributed by atoms with Crippen molar-refractivity contribution >= 4 is 33.7 Å². The van der Waals surface area contributed by atoms with Gasteiger partial charge in [0, 0.05) is 29.9 Å². The van der Waals surface area contributed by atoms with Crippen LogP contribution in [0.1, 0.15) is 5.56 Å². The molecule has 10 nitrogen and oxygen atoms in total. The number of pyridine rings is 2. The van der Waals surface area contributed by atoms with E-state index in [1.54, 1.807) is 12.4 Å². The lowest BCUT2D eigenvalue weighted by Gasteiger charge is -2.12. The zero-order valence-electron chi connectivity index (χ0n) is 25.8. The van der Waals surface area contributed by atoms with E-state index in [1.807, 2.05) is 91.8 Å². The fraction of sp³-hybridized carbons (Fsp3) is 0.139. The molecule has 0 aliphatic heterocycles. The normalized spacial score (nSPS) is 11.4. The van der Waals surface area contributed by atoms with Gasteiger partial charge in [0.15, 0.2) is 11.5 Å². The maximum absolute atomic E-state index is 14.7. The number of nitrogens with zero attached hydrogens (tertiary/aromatic N) is 5. The zero-order chi connectivity index (χ0) is 32.3. The molecule has 0 saturated heterocycles. The summed E-state index contributed by atoms with van der Waals surface area (Å²) >= 11 is 0. The predicted molar refractivity (Wildman–Crippen MR) is 180 cm³/mol. The van der Waals surface area contributed by atoms with Gasteiger partial charge in [0.05, 0.1) is 40.5 Å².